The van der Waals surface area contributed by atoms with Crippen LogP contribution in [0.25, 0.3) is 0 Å². The van der Waals surface area contributed by atoms with Crippen LogP contribution in [0, 0.1) is 0 Å². The molecular formula is C20H20N2O4S. The van der Waals surface area contributed by atoms with E-state index in [-0.39, 0.29) is 31.2 Å². The van der Waals surface area contributed by atoms with E-state index in [1.165, 1.54) is 16.7 Å². The molecule has 1 heterocycles. The first-order chi connectivity index (χ1) is 13.0. The van der Waals surface area contributed by atoms with Crippen LogP contribution >= 0.6 is 11.8 Å². The number of carboxylic acid groups (broad SMARTS) is 1. The monoisotopic (exact) mass is 384 g/mol. The highest BCUT2D eigenvalue weighted by molar-refractivity contribution is 8.00. The SMILES string of the molecule is O=C(O)CCC(NC(=O)CN1C(=O)CSc2ccccc21)c1ccccc1. The van der Waals surface area contributed by atoms with Crippen molar-refractivity contribution in [1.29, 1.82) is 0 Å². The number of anilines is 1. The highest BCUT2D eigenvalue weighted by Gasteiger charge is 2.27. The van der Waals surface area contributed by atoms with Crippen LogP contribution < -0.4 is 10.2 Å². The lowest BCUT2D eigenvalue weighted by atomic mass is 10.0. The summed E-state index contributed by atoms with van der Waals surface area (Å²) in [6, 6.07) is 16.3. The van der Waals surface area contributed by atoms with Crippen molar-refractivity contribution >= 4 is 35.2 Å². The zero-order valence-corrected chi connectivity index (χ0v) is 15.4. The van der Waals surface area contributed by atoms with Crippen molar-refractivity contribution in [2.24, 2.45) is 0 Å². The van der Waals surface area contributed by atoms with E-state index in [0.29, 0.717) is 5.75 Å². The number of carbonyl (C=O) groups is 3. The average molecular weight is 384 g/mol. The van der Waals surface area contributed by atoms with Crippen molar-refractivity contribution in [2.45, 2.75) is 23.8 Å². The molecule has 6 nitrogen and oxygen atoms in total. The molecule has 27 heavy (non-hydrogen) atoms. The minimum atomic E-state index is -0.914. The van der Waals surface area contributed by atoms with Crippen molar-refractivity contribution in [3.8, 4) is 0 Å². The van der Waals surface area contributed by atoms with Gasteiger partial charge in [0.05, 0.1) is 17.5 Å². The van der Waals surface area contributed by atoms with Crippen LogP contribution in [0.3, 0.4) is 0 Å². The second kappa shape index (κ2) is 8.73. The molecule has 1 aliphatic rings. The third-order valence-electron chi connectivity index (χ3n) is 4.29. The number of carboxylic acids is 1. The Labute approximate surface area is 161 Å². The molecule has 7 heteroatoms. The molecule has 0 saturated carbocycles. The molecule has 0 aliphatic carbocycles. The Morgan fingerprint density at radius 3 is 2.56 bits per heavy atom. The van der Waals surface area contributed by atoms with Gasteiger partial charge in [0, 0.05) is 11.3 Å². The largest absolute Gasteiger partial charge is 0.481 e. The number of nitrogens with one attached hydrogen (secondary N) is 1. The Balaban J connectivity index is 1.72. The van der Waals surface area contributed by atoms with Gasteiger partial charge >= 0.3 is 5.97 Å². The Kier molecular flexibility index (Phi) is 6.13. The lowest BCUT2D eigenvalue weighted by molar-refractivity contribution is -0.137. The molecule has 1 atom stereocenters. The van der Waals surface area contributed by atoms with E-state index >= 15 is 0 Å². The summed E-state index contributed by atoms with van der Waals surface area (Å²) in [5.74, 6) is -1.05. The van der Waals surface area contributed by atoms with Crippen LogP contribution in [0.1, 0.15) is 24.4 Å². The fourth-order valence-corrected chi connectivity index (χ4v) is 3.92. The summed E-state index contributed by atoms with van der Waals surface area (Å²) in [5, 5.41) is 11.9. The first-order valence-electron chi connectivity index (χ1n) is 8.63. The topological polar surface area (TPSA) is 86.7 Å². The summed E-state index contributed by atoms with van der Waals surface area (Å²) in [4.78, 5) is 38.4. The Hall–Kier alpha value is -2.80. The van der Waals surface area contributed by atoms with E-state index in [2.05, 4.69) is 5.32 Å². The standard InChI is InChI=1S/C20H20N2O4S/c23-18(12-22-16-8-4-5-9-17(16)27-13-19(22)24)21-15(10-11-20(25)26)14-6-2-1-3-7-14/h1-9,15H,10-13H2,(H,21,23)(H,25,26). The molecule has 2 aromatic carbocycles. The van der Waals surface area contributed by atoms with E-state index in [1.807, 2.05) is 54.6 Å². The molecule has 0 fully saturated rings. The van der Waals surface area contributed by atoms with Crippen molar-refractivity contribution in [3.05, 3.63) is 60.2 Å². The third-order valence-corrected chi connectivity index (χ3v) is 5.34. The molecule has 0 spiro atoms. The smallest absolute Gasteiger partial charge is 0.303 e. The van der Waals surface area contributed by atoms with E-state index in [4.69, 9.17) is 5.11 Å². The van der Waals surface area contributed by atoms with Crippen molar-refractivity contribution in [1.82, 2.24) is 5.32 Å². The van der Waals surface area contributed by atoms with E-state index in [1.54, 1.807) is 0 Å². The van der Waals surface area contributed by atoms with Gasteiger partial charge in [-0.25, -0.2) is 0 Å². The number of thioether (sulfide) groups is 1. The molecule has 2 N–H and O–H groups in total. The number of aliphatic carboxylic acids is 1. The molecule has 140 valence electrons. The summed E-state index contributed by atoms with van der Waals surface area (Å²) >= 11 is 1.46. The Bertz CT molecular complexity index is 841. The number of para-hydroxylation sites is 1. The van der Waals surface area contributed by atoms with E-state index in [9.17, 15) is 14.4 Å². The van der Waals surface area contributed by atoms with Crippen LogP contribution in [-0.4, -0.2) is 35.2 Å². The Morgan fingerprint density at radius 1 is 1.11 bits per heavy atom. The van der Waals surface area contributed by atoms with Crippen LogP contribution in [0.4, 0.5) is 5.69 Å². The molecule has 3 rings (SSSR count). The van der Waals surface area contributed by atoms with Gasteiger partial charge in [-0.05, 0) is 24.1 Å². The van der Waals surface area contributed by atoms with Crippen molar-refractivity contribution in [3.63, 3.8) is 0 Å². The summed E-state index contributed by atoms with van der Waals surface area (Å²) in [5.41, 5.74) is 1.57. The molecule has 0 radical (unpaired) electrons. The van der Waals surface area contributed by atoms with E-state index in [0.717, 1.165) is 16.1 Å². The molecule has 2 aromatic rings. The van der Waals surface area contributed by atoms with Crippen molar-refractivity contribution < 1.29 is 19.5 Å². The summed E-state index contributed by atoms with van der Waals surface area (Å²) in [6.45, 7) is -0.0905. The second-order valence-corrected chi connectivity index (χ2v) is 7.22. The third kappa shape index (κ3) is 4.89. The van der Waals surface area contributed by atoms with Gasteiger partial charge in [-0.1, -0.05) is 42.5 Å². The minimum absolute atomic E-state index is 0.0536. The van der Waals surface area contributed by atoms with Gasteiger partial charge in [0.25, 0.3) is 0 Å². The average Bonchev–Trinajstić information content (AvgIpc) is 2.68. The Morgan fingerprint density at radius 2 is 1.81 bits per heavy atom. The van der Waals surface area contributed by atoms with Gasteiger partial charge in [-0.2, -0.15) is 0 Å². The molecular weight excluding hydrogens is 364 g/mol. The number of carbonyl (C=O) groups excluding carboxylic acids is 2. The zero-order chi connectivity index (χ0) is 19.2. The lowest BCUT2D eigenvalue weighted by Gasteiger charge is -2.29. The van der Waals surface area contributed by atoms with Crippen LogP contribution in [0.15, 0.2) is 59.5 Å². The zero-order valence-electron chi connectivity index (χ0n) is 14.6. The molecule has 0 bridgehead atoms. The predicted octanol–water partition coefficient (Wildman–Crippen LogP) is 2.85. The maximum Gasteiger partial charge on any atom is 0.303 e. The molecule has 1 aliphatic heterocycles. The van der Waals surface area contributed by atoms with E-state index < -0.39 is 12.0 Å². The number of benzene rings is 2. The van der Waals surface area contributed by atoms with Crippen LogP contribution in [0.2, 0.25) is 0 Å². The number of hydrogen-bond acceptors (Lipinski definition) is 4. The van der Waals surface area contributed by atoms with Gasteiger partial charge in [0.15, 0.2) is 0 Å². The molecule has 2 amide bonds. The number of hydrogen-bond donors (Lipinski definition) is 2. The first-order valence-corrected chi connectivity index (χ1v) is 9.61. The van der Waals surface area contributed by atoms with Crippen LogP contribution in [0.5, 0.6) is 0 Å². The highest BCUT2D eigenvalue weighted by Crippen LogP contribution is 2.34. The van der Waals surface area contributed by atoms with Gasteiger partial charge < -0.3 is 15.3 Å². The van der Waals surface area contributed by atoms with Gasteiger partial charge in [-0.15, -0.1) is 11.8 Å². The first kappa shape index (κ1) is 19.0. The number of amides is 2. The number of rotatable bonds is 7. The van der Waals surface area contributed by atoms with Crippen molar-refractivity contribution in [2.75, 3.05) is 17.2 Å². The van der Waals surface area contributed by atoms with Gasteiger partial charge in [-0.3, -0.25) is 14.4 Å². The highest BCUT2D eigenvalue weighted by atomic mass is 32.2. The van der Waals surface area contributed by atoms with Gasteiger partial charge in [0.1, 0.15) is 6.54 Å². The van der Waals surface area contributed by atoms with Crippen LogP contribution in [-0.2, 0) is 14.4 Å². The van der Waals surface area contributed by atoms with Gasteiger partial charge in [0.2, 0.25) is 11.8 Å². The fourth-order valence-electron chi connectivity index (χ4n) is 2.99. The molecule has 0 saturated heterocycles. The maximum absolute atomic E-state index is 12.6. The summed E-state index contributed by atoms with van der Waals surface area (Å²) in [6.07, 6.45) is 0.230. The summed E-state index contributed by atoms with van der Waals surface area (Å²) < 4.78 is 0. The molecule has 0 aromatic heterocycles. The number of nitrogens with zero attached hydrogens (tertiary/aromatic N) is 1. The maximum atomic E-state index is 12.6. The quantitative estimate of drug-likeness (QED) is 0.767. The normalized spacial score (nSPS) is 14.4. The lowest BCUT2D eigenvalue weighted by Crippen LogP contribution is -2.44. The summed E-state index contributed by atoms with van der Waals surface area (Å²) in [7, 11) is 0. The fraction of sp³-hybridized carbons (Fsp3) is 0.250. The minimum Gasteiger partial charge on any atom is -0.481 e. The second-order valence-electron chi connectivity index (χ2n) is 6.20. The molecule has 1 unspecified atom stereocenters. The predicted molar refractivity (Wildman–Crippen MR) is 104 cm³/mol. The number of fused-ring (bicyclic) bond motifs is 1.